The van der Waals surface area contributed by atoms with Gasteiger partial charge in [0.05, 0.1) is 23.6 Å². The highest BCUT2D eigenvalue weighted by Crippen LogP contribution is 2.39. The lowest BCUT2D eigenvalue weighted by molar-refractivity contribution is -0.168. The van der Waals surface area contributed by atoms with Crippen LogP contribution >= 0.6 is 0 Å². The molecule has 0 radical (unpaired) electrons. The molecule has 1 unspecified atom stereocenters. The first kappa shape index (κ1) is 39.5. The maximum atomic E-state index is 14.0. The predicted molar refractivity (Wildman–Crippen MR) is 216 cm³/mol. The Balaban J connectivity index is 0.811. The van der Waals surface area contributed by atoms with Crippen molar-refractivity contribution in [3.05, 3.63) is 105 Å². The molecule has 4 saturated heterocycles. The summed E-state index contributed by atoms with van der Waals surface area (Å²) in [4.78, 5) is 46.0. The van der Waals surface area contributed by atoms with E-state index in [9.17, 15) is 24.6 Å². The molecule has 1 aromatic heterocycles. The van der Waals surface area contributed by atoms with Crippen molar-refractivity contribution in [3.8, 4) is 11.5 Å². The van der Waals surface area contributed by atoms with Crippen molar-refractivity contribution in [2.24, 2.45) is 5.92 Å². The molecule has 0 aliphatic carbocycles. The number of nitrogens with one attached hydrogen (secondary N) is 2. The highest BCUT2D eigenvalue weighted by Gasteiger charge is 2.47. The zero-order chi connectivity index (χ0) is 39.1. The van der Waals surface area contributed by atoms with Gasteiger partial charge in [-0.3, -0.25) is 19.3 Å². The highest BCUT2D eigenvalue weighted by molar-refractivity contribution is 5.87. The Morgan fingerprint density at radius 2 is 1.75 bits per heavy atom. The van der Waals surface area contributed by atoms with Gasteiger partial charge in [0.2, 0.25) is 11.5 Å². The number of carbonyl (C=O) groups excluding carboxylic acids is 2. The molecule has 4 N–H and O–H groups in total. The molecule has 2 atom stereocenters. The van der Waals surface area contributed by atoms with E-state index in [1.54, 1.807) is 12.1 Å². The van der Waals surface area contributed by atoms with E-state index in [4.69, 9.17) is 9.47 Å². The summed E-state index contributed by atoms with van der Waals surface area (Å²) < 4.78 is 12.4. The average molecular weight is 765 g/mol. The number of aromatic hydroxyl groups is 1. The Morgan fingerprint density at radius 1 is 0.964 bits per heavy atom. The zero-order valence-corrected chi connectivity index (χ0v) is 32.5. The number of rotatable bonds is 16. The number of nitrogens with zero attached hydrogens (tertiary/aromatic N) is 2. The van der Waals surface area contributed by atoms with Crippen LogP contribution in [-0.2, 0) is 26.2 Å². The second-order valence-corrected chi connectivity index (χ2v) is 15.9. The van der Waals surface area contributed by atoms with Gasteiger partial charge in [-0.25, -0.2) is 0 Å². The van der Waals surface area contributed by atoms with E-state index in [0.717, 1.165) is 80.7 Å². The summed E-state index contributed by atoms with van der Waals surface area (Å²) in [7, 11) is 0. The number of aromatic nitrogens is 1. The molecule has 4 aliphatic rings. The Labute approximate surface area is 329 Å². The number of pyridine rings is 1. The summed E-state index contributed by atoms with van der Waals surface area (Å²) >= 11 is 0. The van der Waals surface area contributed by atoms with Gasteiger partial charge in [-0.1, -0.05) is 48.5 Å². The number of phenols is 1. The molecule has 4 aromatic rings. The van der Waals surface area contributed by atoms with Gasteiger partial charge >= 0.3 is 5.97 Å². The number of piperidine rings is 4. The van der Waals surface area contributed by atoms with Crippen molar-refractivity contribution in [1.82, 2.24) is 20.1 Å². The molecule has 11 heteroatoms. The van der Waals surface area contributed by atoms with Crippen LogP contribution in [0, 0.1) is 12.8 Å². The van der Waals surface area contributed by atoms with Crippen molar-refractivity contribution in [3.63, 3.8) is 0 Å². The lowest BCUT2D eigenvalue weighted by Crippen LogP contribution is -2.55. The van der Waals surface area contributed by atoms with Crippen molar-refractivity contribution >= 4 is 22.8 Å². The fourth-order valence-electron chi connectivity index (χ4n) is 8.85. The molecule has 4 aliphatic heterocycles. The van der Waals surface area contributed by atoms with Gasteiger partial charge in [0.25, 0.3) is 0 Å². The quantitative estimate of drug-likeness (QED) is 0.0854. The summed E-state index contributed by atoms with van der Waals surface area (Å²) in [5.74, 6) is 1.27. The van der Waals surface area contributed by atoms with Crippen LogP contribution in [0.4, 0.5) is 0 Å². The third-order valence-corrected chi connectivity index (χ3v) is 12.3. The molecule has 0 saturated carbocycles. The maximum absolute atomic E-state index is 14.0. The van der Waals surface area contributed by atoms with Gasteiger partial charge in [0, 0.05) is 44.1 Å². The molecule has 8 rings (SSSR count). The van der Waals surface area contributed by atoms with Crippen molar-refractivity contribution in [1.29, 1.82) is 0 Å². The van der Waals surface area contributed by atoms with Gasteiger partial charge in [0.1, 0.15) is 17.6 Å². The van der Waals surface area contributed by atoms with Crippen LogP contribution < -0.4 is 15.6 Å². The number of unbranched alkanes of at least 4 members (excludes halogenated alkanes) is 2. The third kappa shape index (κ3) is 9.12. The lowest BCUT2D eigenvalue weighted by Gasteiger charge is -2.46. The maximum Gasteiger partial charge on any atom is 0.317 e. The van der Waals surface area contributed by atoms with E-state index in [-0.39, 0.29) is 29.3 Å². The van der Waals surface area contributed by atoms with Crippen molar-refractivity contribution in [2.45, 2.75) is 82.3 Å². The second kappa shape index (κ2) is 18.0. The number of aliphatic hydroxyl groups is 1. The molecular formula is C45H56N4O7. The number of likely N-dealkylation sites (tertiary alicyclic amines) is 1. The van der Waals surface area contributed by atoms with Gasteiger partial charge in [-0.15, -0.1) is 0 Å². The topological polar surface area (TPSA) is 144 Å². The Bertz CT molecular complexity index is 2020. The molecule has 56 heavy (non-hydrogen) atoms. The minimum atomic E-state index is -0.779. The SMILES string of the molecule is Cc1cc(CCC(=O)N2CCC(C(=O)O[C@H]3CN4CCC3CC4)(c3ccccc3)CC2)ccc1OCCCCCNCC(O)c1ccc(O)c2[nH]c(=O)ccc12. The first-order valence-electron chi connectivity index (χ1n) is 20.4. The highest BCUT2D eigenvalue weighted by atomic mass is 16.5. The van der Waals surface area contributed by atoms with Crippen LogP contribution in [0.3, 0.4) is 0 Å². The van der Waals surface area contributed by atoms with Crippen molar-refractivity contribution < 1.29 is 29.3 Å². The number of phenolic OH excluding ortho intramolecular Hbond substituents is 1. The summed E-state index contributed by atoms with van der Waals surface area (Å²) in [6, 6.07) is 22.3. The van der Waals surface area contributed by atoms with Crippen LogP contribution in [0.5, 0.6) is 11.5 Å². The number of aromatic amines is 1. The normalized spacial score (nSPS) is 20.8. The number of aryl methyl sites for hydroxylation is 2. The van der Waals surface area contributed by atoms with E-state index in [2.05, 4.69) is 21.3 Å². The Kier molecular flexibility index (Phi) is 12.7. The van der Waals surface area contributed by atoms with Gasteiger partial charge < -0.3 is 34.9 Å². The molecule has 11 nitrogen and oxygen atoms in total. The number of aliphatic hydroxyl groups excluding tert-OH is 1. The fourth-order valence-corrected chi connectivity index (χ4v) is 8.85. The first-order valence-corrected chi connectivity index (χ1v) is 20.4. The van der Waals surface area contributed by atoms with Gasteiger partial charge in [-0.2, -0.15) is 0 Å². The van der Waals surface area contributed by atoms with Crippen LogP contribution in [0.2, 0.25) is 0 Å². The van der Waals surface area contributed by atoms with E-state index in [1.165, 1.54) is 12.1 Å². The first-order chi connectivity index (χ1) is 27.2. The van der Waals surface area contributed by atoms with E-state index >= 15 is 0 Å². The monoisotopic (exact) mass is 764 g/mol. The second-order valence-electron chi connectivity index (χ2n) is 15.9. The number of H-pyrrole nitrogens is 1. The Morgan fingerprint density at radius 3 is 2.48 bits per heavy atom. The number of hydrogen-bond acceptors (Lipinski definition) is 9. The number of fused-ring (bicyclic) bond motifs is 4. The van der Waals surface area contributed by atoms with Gasteiger partial charge in [-0.05, 0) is 124 Å². The number of ether oxygens (including phenoxy) is 2. The summed E-state index contributed by atoms with van der Waals surface area (Å²) in [5, 5.41) is 24.8. The lowest BCUT2D eigenvalue weighted by atomic mass is 9.72. The van der Waals surface area contributed by atoms with Crippen LogP contribution in [0.1, 0.15) is 79.7 Å². The van der Waals surface area contributed by atoms with Crippen LogP contribution in [0.15, 0.2) is 77.6 Å². The summed E-state index contributed by atoms with van der Waals surface area (Å²) in [6.07, 6.45) is 6.36. The molecule has 3 aromatic carbocycles. The van der Waals surface area contributed by atoms with Crippen LogP contribution in [-0.4, -0.2) is 95.4 Å². The van der Waals surface area contributed by atoms with Crippen molar-refractivity contribution in [2.75, 3.05) is 52.4 Å². The molecule has 0 spiro atoms. The summed E-state index contributed by atoms with van der Waals surface area (Å²) in [6.45, 7) is 7.84. The smallest absolute Gasteiger partial charge is 0.317 e. The third-order valence-electron chi connectivity index (χ3n) is 12.3. The Hall–Kier alpha value is -4.71. The fraction of sp³-hybridized carbons (Fsp3) is 0.489. The molecular weight excluding hydrogens is 709 g/mol. The largest absolute Gasteiger partial charge is 0.506 e. The minimum absolute atomic E-state index is 0.0252. The van der Waals surface area contributed by atoms with Crippen LogP contribution in [0.25, 0.3) is 10.9 Å². The van der Waals surface area contributed by atoms with Gasteiger partial charge in [0.15, 0.2) is 0 Å². The number of benzene rings is 3. The van der Waals surface area contributed by atoms with E-state index in [0.29, 0.717) is 74.3 Å². The minimum Gasteiger partial charge on any atom is -0.506 e. The van der Waals surface area contributed by atoms with E-state index < -0.39 is 11.5 Å². The number of esters is 1. The molecule has 298 valence electrons. The molecule has 1 amide bonds. The zero-order valence-electron chi connectivity index (χ0n) is 32.5. The number of hydrogen-bond donors (Lipinski definition) is 4. The number of amides is 1. The van der Waals surface area contributed by atoms with E-state index in [1.807, 2.05) is 54.3 Å². The average Bonchev–Trinajstić information content (AvgIpc) is 3.22. The predicted octanol–water partition coefficient (Wildman–Crippen LogP) is 5.54. The molecule has 5 heterocycles. The number of carbonyl (C=O) groups is 2. The standard InChI is InChI=1S/C45H56N4O7/c1-31-28-32(10-15-39(31)55-27-7-3-6-22-46-29-38(51)35-12-14-37(50)43-36(35)13-16-41(52)47-43)11-17-42(53)49-25-20-45(21-26-49,34-8-4-2-5-9-34)44(54)56-40-30-48-23-18-33(40)19-24-48/h2,4-5,8-10,12-16,28,33,38,40,46,50-51H,3,6-7,11,17-27,29-30H2,1H3,(H,47,52)/t38?,40-/m0/s1. The molecule has 2 bridgehead atoms. The summed E-state index contributed by atoms with van der Waals surface area (Å²) in [5.41, 5.74) is 3.07. The molecule has 4 fully saturated rings.